The first-order valence-corrected chi connectivity index (χ1v) is 9.57. The molecular weight excluding hydrogens is 402 g/mol. The van der Waals surface area contributed by atoms with Gasteiger partial charge < -0.3 is 14.8 Å². The van der Waals surface area contributed by atoms with Gasteiger partial charge in [-0.1, -0.05) is 18.2 Å². The number of carbonyl (C=O) groups excluding carboxylic acids is 2. The van der Waals surface area contributed by atoms with Crippen molar-refractivity contribution in [1.29, 1.82) is 0 Å². The molecule has 1 unspecified atom stereocenters. The van der Waals surface area contributed by atoms with Crippen LogP contribution >= 0.6 is 0 Å². The molecule has 0 saturated heterocycles. The van der Waals surface area contributed by atoms with E-state index in [0.717, 1.165) is 16.8 Å². The van der Waals surface area contributed by atoms with E-state index < -0.39 is 28.6 Å². The molecule has 1 amide bonds. The van der Waals surface area contributed by atoms with Gasteiger partial charge in [-0.2, -0.15) is 0 Å². The van der Waals surface area contributed by atoms with Crippen molar-refractivity contribution in [2.24, 2.45) is 0 Å². The monoisotopic (exact) mass is 424 g/mol. The maximum Gasteiger partial charge on any atom is 0.408 e. The van der Waals surface area contributed by atoms with Crippen molar-refractivity contribution in [2.45, 2.75) is 38.8 Å². The van der Waals surface area contributed by atoms with E-state index >= 15 is 0 Å². The van der Waals surface area contributed by atoms with Crippen molar-refractivity contribution in [2.75, 3.05) is 0 Å². The lowest BCUT2D eigenvalue weighted by molar-refractivity contribution is -0.384. The first kappa shape index (κ1) is 21.8. The number of nitrogens with one attached hydrogen (secondary N) is 1. The van der Waals surface area contributed by atoms with Crippen molar-refractivity contribution >= 4 is 29.0 Å². The number of rotatable bonds is 6. The molecule has 1 atom stereocenters. The minimum absolute atomic E-state index is 0.122. The number of amides is 1. The number of para-hydroxylation sites is 1. The first-order chi connectivity index (χ1) is 14.6. The van der Waals surface area contributed by atoms with Crippen LogP contribution in [0.25, 0.3) is 5.57 Å². The van der Waals surface area contributed by atoms with Gasteiger partial charge in [0.2, 0.25) is 0 Å². The van der Waals surface area contributed by atoms with Gasteiger partial charge in [-0.05, 0) is 44.5 Å². The summed E-state index contributed by atoms with van der Waals surface area (Å²) in [7, 11) is 0. The summed E-state index contributed by atoms with van der Waals surface area (Å²) in [4.78, 5) is 35.4. The van der Waals surface area contributed by atoms with Gasteiger partial charge in [-0.15, -0.1) is 0 Å². The van der Waals surface area contributed by atoms with Gasteiger partial charge in [0.25, 0.3) is 5.69 Å². The van der Waals surface area contributed by atoms with Gasteiger partial charge in [0, 0.05) is 30.3 Å². The highest BCUT2D eigenvalue weighted by molar-refractivity contribution is 5.87. The smallest absolute Gasteiger partial charge is 0.408 e. The molecule has 0 spiro atoms. The number of benzene rings is 2. The predicted molar refractivity (Wildman–Crippen MR) is 113 cm³/mol. The van der Waals surface area contributed by atoms with Gasteiger partial charge in [0.15, 0.2) is 0 Å². The molecule has 0 saturated carbocycles. The van der Waals surface area contributed by atoms with Crippen molar-refractivity contribution in [3.8, 4) is 5.75 Å². The van der Waals surface area contributed by atoms with E-state index in [1.807, 2.05) is 24.3 Å². The minimum Gasteiger partial charge on any atom is -0.444 e. The lowest BCUT2D eigenvalue weighted by atomic mass is 10.00. The lowest BCUT2D eigenvalue weighted by Gasteiger charge is -2.23. The summed E-state index contributed by atoms with van der Waals surface area (Å²) in [6, 6.07) is 11.5. The highest BCUT2D eigenvalue weighted by Gasteiger charge is 2.29. The quantitative estimate of drug-likeness (QED) is 0.323. The summed E-state index contributed by atoms with van der Waals surface area (Å²) < 4.78 is 10.6. The second kappa shape index (κ2) is 8.86. The molecule has 1 heterocycles. The highest BCUT2D eigenvalue weighted by atomic mass is 16.6. The average molecular weight is 424 g/mol. The number of nitro benzene ring substituents is 1. The Morgan fingerprint density at radius 2 is 1.81 bits per heavy atom. The van der Waals surface area contributed by atoms with Gasteiger partial charge >= 0.3 is 12.1 Å². The van der Waals surface area contributed by atoms with Crippen LogP contribution in [0.5, 0.6) is 5.75 Å². The van der Waals surface area contributed by atoms with Crippen LogP contribution in [0.3, 0.4) is 0 Å². The van der Waals surface area contributed by atoms with Gasteiger partial charge in [-0.25, -0.2) is 9.59 Å². The number of non-ortho nitro benzene ring substituents is 1. The van der Waals surface area contributed by atoms with E-state index in [4.69, 9.17) is 9.47 Å². The summed E-state index contributed by atoms with van der Waals surface area (Å²) in [5.74, 6) is -0.609. The van der Waals surface area contributed by atoms with E-state index in [2.05, 4.69) is 10.6 Å². The summed E-state index contributed by atoms with van der Waals surface area (Å²) >= 11 is 0. The maximum atomic E-state index is 12.8. The SMILES string of the molecule is CC(C)(C)OC(=O)NC(CC1=C[N]c2ccccc21)C(=O)Oc1ccc([N+](=O)[O-])cc1. The topological polar surface area (TPSA) is 122 Å². The fraction of sp³-hybridized carbons (Fsp3) is 0.273. The molecule has 1 aliphatic rings. The largest absolute Gasteiger partial charge is 0.444 e. The second-order valence-corrected chi connectivity index (χ2v) is 7.88. The van der Waals surface area contributed by atoms with Crippen LogP contribution in [0.1, 0.15) is 32.8 Å². The van der Waals surface area contributed by atoms with Crippen LogP contribution in [0.15, 0.2) is 54.7 Å². The van der Waals surface area contributed by atoms with E-state index in [9.17, 15) is 19.7 Å². The molecule has 1 radical (unpaired) electrons. The number of nitro groups is 1. The van der Waals surface area contributed by atoms with Crippen molar-refractivity contribution < 1.29 is 24.0 Å². The summed E-state index contributed by atoms with van der Waals surface area (Å²) in [5.41, 5.74) is 1.53. The van der Waals surface area contributed by atoms with Crippen molar-refractivity contribution in [3.05, 3.63) is 70.4 Å². The summed E-state index contributed by atoms with van der Waals surface area (Å²) in [6.07, 6.45) is 1.01. The predicted octanol–water partition coefficient (Wildman–Crippen LogP) is 4.07. The molecule has 1 aliphatic heterocycles. The lowest BCUT2D eigenvalue weighted by Crippen LogP contribution is -2.45. The van der Waals surface area contributed by atoms with E-state index in [0.29, 0.717) is 0 Å². The molecule has 2 aromatic rings. The Kier molecular flexibility index (Phi) is 6.24. The molecule has 0 bridgehead atoms. The molecule has 0 fully saturated rings. The van der Waals surface area contributed by atoms with Crippen molar-refractivity contribution in [1.82, 2.24) is 10.6 Å². The van der Waals surface area contributed by atoms with Gasteiger partial charge in [-0.3, -0.25) is 15.4 Å². The van der Waals surface area contributed by atoms with Crippen LogP contribution in [0, 0.1) is 10.1 Å². The third-order valence-corrected chi connectivity index (χ3v) is 4.27. The fourth-order valence-corrected chi connectivity index (χ4v) is 2.92. The van der Waals surface area contributed by atoms with Crippen LogP contribution < -0.4 is 15.4 Å². The molecule has 3 rings (SSSR count). The van der Waals surface area contributed by atoms with Crippen LogP contribution in [-0.4, -0.2) is 28.6 Å². The highest BCUT2D eigenvalue weighted by Crippen LogP contribution is 2.33. The molecular formula is C22H22N3O6. The molecule has 161 valence electrons. The Balaban J connectivity index is 1.77. The average Bonchev–Trinajstić information content (AvgIpc) is 3.09. The number of carbonyl (C=O) groups is 2. The van der Waals surface area contributed by atoms with E-state index in [1.54, 1.807) is 27.0 Å². The van der Waals surface area contributed by atoms with Crippen LogP contribution in [0.2, 0.25) is 0 Å². The van der Waals surface area contributed by atoms with Crippen molar-refractivity contribution in [3.63, 3.8) is 0 Å². The van der Waals surface area contributed by atoms with Crippen LogP contribution in [0.4, 0.5) is 16.2 Å². The molecule has 2 aromatic carbocycles. The Morgan fingerprint density at radius 1 is 1.13 bits per heavy atom. The third kappa shape index (κ3) is 5.81. The minimum atomic E-state index is -1.06. The normalized spacial score (nSPS) is 13.3. The van der Waals surface area contributed by atoms with Gasteiger partial charge in [0.1, 0.15) is 17.4 Å². The number of hydrogen-bond donors (Lipinski definition) is 1. The second-order valence-electron chi connectivity index (χ2n) is 7.88. The molecule has 9 nitrogen and oxygen atoms in total. The molecule has 1 N–H and O–H groups in total. The standard InChI is InChI=1S/C22H22N3O6/c1-22(2,3)31-21(27)24-19(12-14-13-23-18-7-5-4-6-17(14)18)20(26)30-16-10-8-15(9-11-16)25(28)29/h4-11,13,19H,12H2,1-3H3,(H,24,27). The number of ether oxygens (including phenoxy) is 2. The zero-order chi connectivity index (χ0) is 22.6. The first-order valence-electron chi connectivity index (χ1n) is 9.57. The molecule has 9 heteroatoms. The Labute approximate surface area is 179 Å². The Bertz CT molecular complexity index is 1020. The third-order valence-electron chi connectivity index (χ3n) is 4.27. The number of nitrogens with zero attached hydrogens (tertiary/aromatic N) is 2. The Morgan fingerprint density at radius 3 is 2.45 bits per heavy atom. The summed E-state index contributed by atoms with van der Waals surface area (Å²) in [6.45, 7) is 5.14. The zero-order valence-electron chi connectivity index (χ0n) is 17.3. The van der Waals surface area contributed by atoms with E-state index in [1.165, 1.54) is 24.3 Å². The fourth-order valence-electron chi connectivity index (χ4n) is 2.92. The van der Waals surface area contributed by atoms with Crippen LogP contribution in [-0.2, 0) is 9.53 Å². The maximum absolute atomic E-state index is 12.8. The molecule has 0 aromatic heterocycles. The van der Waals surface area contributed by atoms with E-state index in [-0.39, 0.29) is 17.9 Å². The number of esters is 1. The molecule has 0 aliphatic carbocycles. The Hall–Kier alpha value is -3.88. The zero-order valence-corrected chi connectivity index (χ0v) is 17.3. The number of hydrogen-bond acceptors (Lipinski definition) is 6. The van der Waals surface area contributed by atoms with Gasteiger partial charge in [0.05, 0.1) is 10.6 Å². The summed E-state index contributed by atoms with van der Waals surface area (Å²) in [5, 5.41) is 17.7. The number of alkyl carbamates (subject to hydrolysis) is 1. The molecule has 31 heavy (non-hydrogen) atoms. The number of fused-ring (bicyclic) bond motifs is 1.